The molecule has 0 saturated carbocycles. The molecule has 2 aromatic carbocycles. The van der Waals surface area contributed by atoms with Crippen molar-refractivity contribution in [3.63, 3.8) is 0 Å². The lowest BCUT2D eigenvalue weighted by Gasteiger charge is -2.27. The number of ether oxygens (including phenoxy) is 1. The van der Waals surface area contributed by atoms with Crippen LogP contribution in [0.15, 0.2) is 54.9 Å². The largest absolute Gasteiger partial charge is 0.497 e. The van der Waals surface area contributed by atoms with Gasteiger partial charge in [-0.05, 0) is 43.7 Å². The SMILES string of the molecule is COc1ccc(C(C)(C)NC(=O)Cn2cnc3ccccc32)cc1. The Hall–Kier alpha value is -2.82. The molecule has 0 radical (unpaired) electrons. The highest BCUT2D eigenvalue weighted by Crippen LogP contribution is 2.23. The van der Waals surface area contributed by atoms with Crippen LogP contribution in [-0.4, -0.2) is 22.6 Å². The maximum absolute atomic E-state index is 12.5. The van der Waals surface area contributed by atoms with Crippen molar-refractivity contribution in [3.05, 3.63) is 60.4 Å². The van der Waals surface area contributed by atoms with E-state index in [2.05, 4.69) is 10.3 Å². The summed E-state index contributed by atoms with van der Waals surface area (Å²) in [6, 6.07) is 15.5. The lowest BCUT2D eigenvalue weighted by atomic mass is 9.94. The first kappa shape index (κ1) is 16.1. The molecule has 0 spiro atoms. The number of rotatable bonds is 5. The summed E-state index contributed by atoms with van der Waals surface area (Å²) in [5.41, 5.74) is 2.39. The zero-order valence-corrected chi connectivity index (χ0v) is 14.1. The molecular formula is C19H21N3O2. The summed E-state index contributed by atoms with van der Waals surface area (Å²) in [5, 5.41) is 3.08. The second kappa shape index (κ2) is 6.35. The van der Waals surface area contributed by atoms with E-state index in [4.69, 9.17) is 4.74 Å². The predicted molar refractivity (Wildman–Crippen MR) is 93.9 cm³/mol. The molecular weight excluding hydrogens is 302 g/mol. The summed E-state index contributed by atoms with van der Waals surface area (Å²) in [6.07, 6.45) is 1.70. The third-order valence-electron chi connectivity index (χ3n) is 4.10. The molecule has 0 atom stereocenters. The zero-order valence-electron chi connectivity index (χ0n) is 14.1. The van der Waals surface area contributed by atoms with Gasteiger partial charge in [-0.15, -0.1) is 0 Å². The molecule has 3 rings (SSSR count). The van der Waals surface area contributed by atoms with Crippen LogP contribution in [0.1, 0.15) is 19.4 Å². The number of imidazole rings is 1. The minimum absolute atomic E-state index is 0.0565. The minimum Gasteiger partial charge on any atom is -0.497 e. The van der Waals surface area contributed by atoms with Crippen LogP contribution in [0.4, 0.5) is 0 Å². The summed E-state index contributed by atoms with van der Waals surface area (Å²) in [5.74, 6) is 0.740. The van der Waals surface area contributed by atoms with E-state index in [1.165, 1.54) is 0 Å². The average molecular weight is 323 g/mol. The second-order valence-electron chi connectivity index (χ2n) is 6.26. The first-order chi connectivity index (χ1) is 11.5. The number of amides is 1. The number of carbonyl (C=O) groups is 1. The number of para-hydroxylation sites is 2. The topological polar surface area (TPSA) is 56.1 Å². The highest BCUT2D eigenvalue weighted by molar-refractivity contribution is 5.81. The monoisotopic (exact) mass is 323 g/mol. The maximum Gasteiger partial charge on any atom is 0.240 e. The molecule has 24 heavy (non-hydrogen) atoms. The quantitative estimate of drug-likeness (QED) is 0.785. The van der Waals surface area contributed by atoms with Gasteiger partial charge in [0, 0.05) is 0 Å². The third kappa shape index (κ3) is 3.25. The first-order valence-electron chi connectivity index (χ1n) is 7.85. The third-order valence-corrected chi connectivity index (χ3v) is 4.10. The number of nitrogens with one attached hydrogen (secondary N) is 1. The van der Waals surface area contributed by atoms with Gasteiger partial charge in [0.25, 0.3) is 0 Å². The molecule has 0 aliphatic heterocycles. The molecule has 124 valence electrons. The average Bonchev–Trinajstić information content (AvgIpc) is 2.97. The van der Waals surface area contributed by atoms with Crippen molar-refractivity contribution in [3.8, 4) is 5.75 Å². The Balaban J connectivity index is 1.73. The standard InChI is InChI=1S/C19H21N3O2/c1-19(2,14-8-10-15(24-3)11-9-14)21-18(23)12-22-13-20-16-6-4-5-7-17(16)22/h4-11,13H,12H2,1-3H3,(H,21,23). The maximum atomic E-state index is 12.5. The van der Waals surface area contributed by atoms with Crippen molar-refractivity contribution in [1.82, 2.24) is 14.9 Å². The Morgan fingerprint density at radius 2 is 1.88 bits per heavy atom. The zero-order chi connectivity index (χ0) is 17.2. The van der Waals surface area contributed by atoms with Crippen LogP contribution in [0.3, 0.4) is 0 Å². The van der Waals surface area contributed by atoms with E-state index in [0.717, 1.165) is 22.3 Å². The minimum atomic E-state index is -0.472. The van der Waals surface area contributed by atoms with E-state index in [-0.39, 0.29) is 12.5 Å². The van der Waals surface area contributed by atoms with Gasteiger partial charge in [-0.3, -0.25) is 4.79 Å². The van der Waals surface area contributed by atoms with E-state index < -0.39 is 5.54 Å². The van der Waals surface area contributed by atoms with Crippen molar-refractivity contribution in [1.29, 1.82) is 0 Å². The number of hydrogen-bond donors (Lipinski definition) is 1. The Bertz CT molecular complexity index is 850. The van der Waals surface area contributed by atoms with Crippen molar-refractivity contribution >= 4 is 16.9 Å². The van der Waals surface area contributed by atoms with E-state index in [1.807, 2.05) is 66.9 Å². The van der Waals surface area contributed by atoms with Crippen LogP contribution in [0.5, 0.6) is 5.75 Å². The number of fused-ring (bicyclic) bond motifs is 1. The summed E-state index contributed by atoms with van der Waals surface area (Å²) in [6.45, 7) is 4.21. The Kier molecular flexibility index (Phi) is 4.25. The first-order valence-corrected chi connectivity index (χ1v) is 7.85. The molecule has 0 aliphatic carbocycles. The Morgan fingerprint density at radius 1 is 1.17 bits per heavy atom. The molecule has 0 unspecified atom stereocenters. The van der Waals surface area contributed by atoms with E-state index in [0.29, 0.717) is 0 Å². The van der Waals surface area contributed by atoms with E-state index in [1.54, 1.807) is 13.4 Å². The summed E-state index contributed by atoms with van der Waals surface area (Å²) in [4.78, 5) is 16.8. The van der Waals surface area contributed by atoms with Gasteiger partial charge in [0.2, 0.25) is 5.91 Å². The van der Waals surface area contributed by atoms with Crippen LogP contribution < -0.4 is 10.1 Å². The number of aromatic nitrogens is 2. The van der Waals surface area contributed by atoms with E-state index in [9.17, 15) is 4.79 Å². The van der Waals surface area contributed by atoms with Crippen LogP contribution in [0.2, 0.25) is 0 Å². The molecule has 5 heteroatoms. The summed E-state index contributed by atoms with van der Waals surface area (Å²) < 4.78 is 7.03. The lowest BCUT2D eigenvalue weighted by Crippen LogP contribution is -2.42. The molecule has 1 N–H and O–H groups in total. The molecule has 0 fully saturated rings. The fourth-order valence-corrected chi connectivity index (χ4v) is 2.76. The molecule has 1 heterocycles. The van der Waals surface area contributed by atoms with Gasteiger partial charge in [-0.2, -0.15) is 0 Å². The van der Waals surface area contributed by atoms with Crippen molar-refractivity contribution in [2.45, 2.75) is 25.9 Å². The van der Waals surface area contributed by atoms with Gasteiger partial charge in [0.05, 0.1) is 30.0 Å². The van der Waals surface area contributed by atoms with Gasteiger partial charge in [-0.1, -0.05) is 24.3 Å². The fourth-order valence-electron chi connectivity index (χ4n) is 2.76. The summed E-state index contributed by atoms with van der Waals surface area (Å²) in [7, 11) is 1.64. The second-order valence-corrected chi connectivity index (χ2v) is 6.26. The molecule has 0 saturated heterocycles. The van der Waals surface area contributed by atoms with Gasteiger partial charge in [0.1, 0.15) is 12.3 Å². The molecule has 3 aromatic rings. The van der Waals surface area contributed by atoms with Gasteiger partial charge >= 0.3 is 0 Å². The Labute approximate surface area is 141 Å². The van der Waals surface area contributed by atoms with Crippen LogP contribution in [0.25, 0.3) is 11.0 Å². The summed E-state index contributed by atoms with van der Waals surface area (Å²) >= 11 is 0. The fraction of sp³-hybridized carbons (Fsp3) is 0.263. The van der Waals surface area contributed by atoms with Crippen LogP contribution in [0, 0.1) is 0 Å². The number of carbonyl (C=O) groups excluding carboxylic acids is 1. The molecule has 5 nitrogen and oxygen atoms in total. The number of hydrogen-bond acceptors (Lipinski definition) is 3. The predicted octanol–water partition coefficient (Wildman–Crippen LogP) is 3.10. The lowest BCUT2D eigenvalue weighted by molar-refractivity contribution is -0.123. The van der Waals surface area contributed by atoms with Crippen LogP contribution in [-0.2, 0) is 16.9 Å². The highest BCUT2D eigenvalue weighted by Gasteiger charge is 2.23. The molecule has 1 aromatic heterocycles. The number of methoxy groups -OCH3 is 1. The van der Waals surface area contributed by atoms with Crippen molar-refractivity contribution in [2.24, 2.45) is 0 Å². The van der Waals surface area contributed by atoms with Crippen LogP contribution >= 0.6 is 0 Å². The van der Waals surface area contributed by atoms with E-state index >= 15 is 0 Å². The van der Waals surface area contributed by atoms with Crippen molar-refractivity contribution in [2.75, 3.05) is 7.11 Å². The molecule has 0 aliphatic rings. The smallest absolute Gasteiger partial charge is 0.240 e. The molecule has 1 amide bonds. The molecule has 0 bridgehead atoms. The normalized spacial score (nSPS) is 11.5. The van der Waals surface area contributed by atoms with Gasteiger partial charge in [0.15, 0.2) is 0 Å². The Morgan fingerprint density at radius 3 is 2.58 bits per heavy atom. The van der Waals surface area contributed by atoms with Gasteiger partial charge < -0.3 is 14.6 Å². The number of benzene rings is 2. The number of nitrogens with zero attached hydrogens (tertiary/aromatic N) is 2. The van der Waals surface area contributed by atoms with Gasteiger partial charge in [-0.25, -0.2) is 4.98 Å². The van der Waals surface area contributed by atoms with Crippen molar-refractivity contribution < 1.29 is 9.53 Å². The highest BCUT2D eigenvalue weighted by atomic mass is 16.5.